The molecule has 0 radical (unpaired) electrons. The van der Waals surface area contributed by atoms with Crippen molar-refractivity contribution in [1.82, 2.24) is 0 Å². The predicted octanol–water partition coefficient (Wildman–Crippen LogP) is 8.71. The van der Waals surface area contributed by atoms with Gasteiger partial charge in [0, 0.05) is 15.6 Å². The van der Waals surface area contributed by atoms with Gasteiger partial charge in [-0.3, -0.25) is 0 Å². The largest absolute Gasteiger partial charge is 0.488 e. The molecule has 0 fully saturated rings. The summed E-state index contributed by atoms with van der Waals surface area (Å²) in [5, 5.41) is 11.5. The molecule has 2 nitrogen and oxygen atoms in total. The van der Waals surface area contributed by atoms with Gasteiger partial charge in [-0.05, 0) is 69.5 Å². The highest BCUT2D eigenvalue weighted by Gasteiger charge is 2.08. The van der Waals surface area contributed by atoms with E-state index in [1.165, 1.54) is 0 Å². The second-order valence-corrected chi connectivity index (χ2v) is 8.53. The summed E-state index contributed by atoms with van der Waals surface area (Å²) in [6.45, 7) is 0.302. The van der Waals surface area contributed by atoms with Gasteiger partial charge in [0.2, 0.25) is 0 Å². The van der Waals surface area contributed by atoms with E-state index >= 15 is 0 Å². The summed E-state index contributed by atoms with van der Waals surface area (Å²) in [4.78, 5) is 0. The molecule has 29 heavy (non-hydrogen) atoms. The van der Waals surface area contributed by atoms with E-state index in [2.05, 4.69) is 22.0 Å². The van der Waals surface area contributed by atoms with Crippen molar-refractivity contribution < 1.29 is 4.74 Å². The van der Waals surface area contributed by atoms with Crippen molar-refractivity contribution in [2.24, 2.45) is 0 Å². The first-order chi connectivity index (χ1) is 13.9. The number of benzene rings is 3. The summed E-state index contributed by atoms with van der Waals surface area (Å²) in [5.41, 5.74) is 2.82. The Labute approximate surface area is 197 Å². The van der Waals surface area contributed by atoms with Crippen molar-refractivity contribution in [2.45, 2.75) is 6.61 Å². The predicted molar refractivity (Wildman–Crippen MR) is 125 cm³/mol. The summed E-state index contributed by atoms with van der Waals surface area (Å²) < 4.78 is 6.60. The number of hydrogen-bond donors (Lipinski definition) is 0. The van der Waals surface area contributed by atoms with Crippen molar-refractivity contribution in [1.29, 1.82) is 5.26 Å². The van der Waals surface area contributed by atoms with Gasteiger partial charge in [-0.15, -0.1) is 0 Å². The third-order valence-electron chi connectivity index (χ3n) is 4.02. The average Bonchev–Trinajstić information content (AvgIpc) is 2.69. The molecule has 7 heteroatoms. The van der Waals surface area contributed by atoms with Crippen LogP contribution in [-0.2, 0) is 6.61 Å². The van der Waals surface area contributed by atoms with Crippen LogP contribution in [0.25, 0.3) is 11.6 Å². The quantitative estimate of drug-likeness (QED) is 0.245. The highest BCUT2D eigenvalue weighted by molar-refractivity contribution is 9.10. The SMILES string of the molecule is N#C/C(=C/c1ccc(OCc2ccc(Cl)cc2Cl)c(Br)c1)c1ccc(Cl)c(Cl)c1. The molecule has 0 saturated heterocycles. The van der Waals surface area contributed by atoms with Gasteiger partial charge >= 0.3 is 0 Å². The average molecular weight is 528 g/mol. The van der Waals surface area contributed by atoms with E-state index in [0.29, 0.717) is 43.6 Å². The van der Waals surface area contributed by atoms with Gasteiger partial charge < -0.3 is 4.74 Å². The molecule has 0 bridgehead atoms. The molecule has 0 heterocycles. The van der Waals surface area contributed by atoms with Gasteiger partial charge in [0.25, 0.3) is 0 Å². The Morgan fingerprint density at radius 1 is 0.931 bits per heavy atom. The Bertz CT molecular complexity index is 1140. The number of allylic oxidation sites excluding steroid dienone is 1. The lowest BCUT2D eigenvalue weighted by atomic mass is 10.0. The number of rotatable bonds is 5. The topological polar surface area (TPSA) is 33.0 Å². The van der Waals surface area contributed by atoms with E-state index < -0.39 is 0 Å². The van der Waals surface area contributed by atoms with Gasteiger partial charge in [-0.1, -0.05) is 64.6 Å². The lowest BCUT2D eigenvalue weighted by Gasteiger charge is -2.10. The minimum absolute atomic E-state index is 0.302. The summed E-state index contributed by atoms with van der Waals surface area (Å²) >= 11 is 27.6. The summed E-state index contributed by atoms with van der Waals surface area (Å²) in [6.07, 6.45) is 1.77. The van der Waals surface area contributed by atoms with E-state index in [1.54, 1.807) is 36.4 Å². The molecule has 0 unspecified atom stereocenters. The lowest BCUT2D eigenvalue weighted by molar-refractivity contribution is 0.304. The van der Waals surface area contributed by atoms with E-state index in [0.717, 1.165) is 15.6 Å². The third kappa shape index (κ3) is 5.69. The minimum Gasteiger partial charge on any atom is -0.488 e. The molecular formula is C22H12BrCl4NO. The van der Waals surface area contributed by atoms with Crippen molar-refractivity contribution in [3.05, 3.63) is 95.9 Å². The van der Waals surface area contributed by atoms with Gasteiger partial charge in [-0.25, -0.2) is 0 Å². The first-order valence-electron chi connectivity index (χ1n) is 8.31. The van der Waals surface area contributed by atoms with Crippen LogP contribution < -0.4 is 4.74 Å². The van der Waals surface area contributed by atoms with Crippen molar-refractivity contribution >= 4 is 74.0 Å². The third-order valence-corrected chi connectivity index (χ3v) is 5.96. The summed E-state index contributed by atoms with van der Waals surface area (Å²) in [7, 11) is 0. The zero-order valence-electron chi connectivity index (χ0n) is 14.7. The molecule has 0 aliphatic rings. The Kier molecular flexibility index (Phi) is 7.51. The van der Waals surface area contributed by atoms with Gasteiger partial charge in [-0.2, -0.15) is 5.26 Å². The molecule has 3 aromatic carbocycles. The second-order valence-electron chi connectivity index (χ2n) is 6.01. The Morgan fingerprint density at radius 3 is 2.38 bits per heavy atom. The second kappa shape index (κ2) is 9.89. The summed E-state index contributed by atoms with van der Waals surface area (Å²) in [6, 6.07) is 18.1. The van der Waals surface area contributed by atoms with E-state index in [4.69, 9.17) is 51.1 Å². The van der Waals surface area contributed by atoms with Crippen LogP contribution in [0.3, 0.4) is 0 Å². The van der Waals surface area contributed by atoms with E-state index in [9.17, 15) is 5.26 Å². The van der Waals surface area contributed by atoms with Crippen LogP contribution in [0.15, 0.2) is 59.1 Å². The first-order valence-corrected chi connectivity index (χ1v) is 10.6. The molecule has 0 aliphatic carbocycles. The fourth-order valence-electron chi connectivity index (χ4n) is 2.53. The summed E-state index contributed by atoms with van der Waals surface area (Å²) in [5.74, 6) is 0.654. The first kappa shape index (κ1) is 22.0. The Morgan fingerprint density at radius 2 is 1.72 bits per heavy atom. The molecule has 0 amide bonds. The minimum atomic E-state index is 0.302. The maximum Gasteiger partial charge on any atom is 0.134 e. The van der Waals surface area contributed by atoms with Gasteiger partial charge in [0.05, 0.1) is 26.2 Å². The van der Waals surface area contributed by atoms with Crippen LogP contribution in [0, 0.1) is 11.3 Å². The smallest absolute Gasteiger partial charge is 0.134 e. The highest BCUT2D eigenvalue weighted by Crippen LogP contribution is 2.31. The van der Waals surface area contributed by atoms with Crippen LogP contribution in [-0.4, -0.2) is 0 Å². The van der Waals surface area contributed by atoms with Crippen molar-refractivity contribution in [3.8, 4) is 11.8 Å². The van der Waals surface area contributed by atoms with Crippen LogP contribution in [0.2, 0.25) is 20.1 Å². The Balaban J connectivity index is 1.80. The number of nitriles is 1. The molecule has 0 spiro atoms. The van der Waals surface area contributed by atoms with Crippen LogP contribution in [0.1, 0.15) is 16.7 Å². The van der Waals surface area contributed by atoms with Crippen molar-refractivity contribution in [2.75, 3.05) is 0 Å². The van der Waals surface area contributed by atoms with E-state index in [1.807, 2.05) is 24.3 Å². The fraction of sp³-hybridized carbons (Fsp3) is 0.0455. The number of hydrogen-bond acceptors (Lipinski definition) is 2. The van der Waals surface area contributed by atoms with E-state index in [-0.39, 0.29) is 0 Å². The number of halogens is 5. The molecule has 0 N–H and O–H groups in total. The van der Waals surface area contributed by atoms with Gasteiger partial charge in [0.15, 0.2) is 0 Å². The van der Waals surface area contributed by atoms with Gasteiger partial charge in [0.1, 0.15) is 12.4 Å². The zero-order valence-corrected chi connectivity index (χ0v) is 19.3. The molecule has 0 saturated carbocycles. The highest BCUT2D eigenvalue weighted by atomic mass is 79.9. The molecule has 0 aromatic heterocycles. The van der Waals surface area contributed by atoms with Crippen molar-refractivity contribution in [3.63, 3.8) is 0 Å². The lowest BCUT2D eigenvalue weighted by Crippen LogP contribution is -1.97. The molecule has 0 aliphatic heterocycles. The fourth-order valence-corrected chi connectivity index (χ4v) is 3.80. The zero-order chi connectivity index (χ0) is 21.0. The molecule has 0 atom stereocenters. The molecular weight excluding hydrogens is 516 g/mol. The number of ether oxygens (including phenoxy) is 1. The maximum absolute atomic E-state index is 9.53. The monoisotopic (exact) mass is 525 g/mol. The molecule has 3 rings (SSSR count). The molecule has 146 valence electrons. The standard InChI is InChI=1S/C22H12BrCl4NO/c23-18-8-13(7-16(11-28)14-3-5-19(25)21(27)9-14)1-6-22(18)29-12-15-2-4-17(24)10-20(15)26/h1-10H,12H2/b16-7-. The normalized spacial score (nSPS) is 11.2. The van der Waals surface area contributed by atoms with Crippen LogP contribution in [0.4, 0.5) is 0 Å². The Hall–Kier alpha value is -1.67. The van der Waals surface area contributed by atoms with Crippen LogP contribution in [0.5, 0.6) is 5.75 Å². The maximum atomic E-state index is 9.53. The number of nitrogens with zero attached hydrogens (tertiary/aromatic N) is 1. The van der Waals surface area contributed by atoms with Crippen LogP contribution >= 0.6 is 62.3 Å². The molecule has 3 aromatic rings.